The highest BCUT2D eigenvalue weighted by atomic mass is 32.2. The molecule has 110 valence electrons. The number of imidazole rings is 1. The predicted molar refractivity (Wildman–Crippen MR) is 70.3 cm³/mol. The molecule has 0 saturated carbocycles. The number of nitrogens with zero attached hydrogens (tertiary/aromatic N) is 2. The van der Waals surface area contributed by atoms with Gasteiger partial charge in [-0.3, -0.25) is 0 Å². The minimum Gasteiger partial charge on any atom is -0.391 e. The number of hydrogen-bond acceptors (Lipinski definition) is 5. The Morgan fingerprint density at radius 1 is 1.58 bits per heavy atom. The topological polar surface area (TPSA) is 93.5 Å². The lowest BCUT2D eigenvalue weighted by Gasteiger charge is -2.09. The van der Waals surface area contributed by atoms with E-state index in [0.29, 0.717) is 18.8 Å². The van der Waals surface area contributed by atoms with Gasteiger partial charge in [0.15, 0.2) is 5.03 Å². The zero-order valence-corrected chi connectivity index (χ0v) is 12.3. The standard InChI is InChI=1S/C11H21N3O4S/c1-4-14-7-11(13-9(14)2)19(16,17)12-6-5-10(15)8-18-3/h7,10,12,15H,4-6,8H2,1-3H3. The van der Waals surface area contributed by atoms with Crippen LogP contribution in [-0.4, -0.2) is 49.4 Å². The summed E-state index contributed by atoms with van der Waals surface area (Å²) >= 11 is 0. The molecule has 8 heteroatoms. The first-order valence-corrected chi connectivity index (χ1v) is 7.59. The van der Waals surface area contributed by atoms with Gasteiger partial charge in [-0.1, -0.05) is 0 Å². The van der Waals surface area contributed by atoms with Gasteiger partial charge in [0.25, 0.3) is 10.0 Å². The number of aliphatic hydroxyl groups is 1. The summed E-state index contributed by atoms with van der Waals surface area (Å²) in [5.41, 5.74) is 0. The smallest absolute Gasteiger partial charge is 0.259 e. The van der Waals surface area contributed by atoms with Crippen molar-refractivity contribution in [2.24, 2.45) is 0 Å². The predicted octanol–water partition coefficient (Wildman–Crippen LogP) is -0.113. The van der Waals surface area contributed by atoms with E-state index in [2.05, 4.69) is 9.71 Å². The molecule has 1 atom stereocenters. The van der Waals surface area contributed by atoms with Crippen molar-refractivity contribution in [1.82, 2.24) is 14.3 Å². The van der Waals surface area contributed by atoms with Gasteiger partial charge >= 0.3 is 0 Å². The molecular formula is C11H21N3O4S. The summed E-state index contributed by atoms with van der Waals surface area (Å²) in [5, 5.41) is 9.43. The van der Waals surface area contributed by atoms with E-state index in [1.807, 2.05) is 6.92 Å². The van der Waals surface area contributed by atoms with Gasteiger partial charge in [0, 0.05) is 26.4 Å². The number of aliphatic hydroxyl groups excluding tert-OH is 1. The molecule has 0 fully saturated rings. The van der Waals surface area contributed by atoms with Crippen LogP contribution in [0.2, 0.25) is 0 Å². The Hall–Kier alpha value is -0.960. The number of sulfonamides is 1. The molecule has 0 aliphatic rings. The number of rotatable bonds is 8. The van der Waals surface area contributed by atoms with Crippen molar-refractivity contribution in [1.29, 1.82) is 0 Å². The molecule has 1 rings (SSSR count). The van der Waals surface area contributed by atoms with Crippen molar-refractivity contribution in [3.63, 3.8) is 0 Å². The van der Waals surface area contributed by atoms with Gasteiger partial charge in [-0.15, -0.1) is 0 Å². The van der Waals surface area contributed by atoms with E-state index >= 15 is 0 Å². The van der Waals surface area contributed by atoms with Crippen LogP contribution in [-0.2, 0) is 21.3 Å². The molecule has 1 aromatic rings. The fourth-order valence-corrected chi connectivity index (χ4v) is 2.69. The van der Waals surface area contributed by atoms with E-state index in [9.17, 15) is 13.5 Å². The van der Waals surface area contributed by atoms with E-state index in [1.54, 1.807) is 11.5 Å². The quantitative estimate of drug-likeness (QED) is 0.697. The molecular weight excluding hydrogens is 270 g/mol. The summed E-state index contributed by atoms with van der Waals surface area (Å²) in [6.45, 7) is 4.67. The molecule has 0 bridgehead atoms. The molecule has 0 radical (unpaired) electrons. The lowest BCUT2D eigenvalue weighted by molar-refractivity contribution is 0.0603. The van der Waals surface area contributed by atoms with E-state index in [1.165, 1.54) is 13.3 Å². The first-order valence-electron chi connectivity index (χ1n) is 6.11. The Kier molecular flexibility index (Phi) is 5.92. The normalized spacial score (nSPS) is 13.7. The molecule has 1 heterocycles. The van der Waals surface area contributed by atoms with Crippen molar-refractivity contribution in [2.45, 2.75) is 37.9 Å². The molecule has 0 aliphatic carbocycles. The number of aryl methyl sites for hydroxylation is 2. The lowest BCUT2D eigenvalue weighted by atomic mass is 10.3. The van der Waals surface area contributed by atoms with E-state index in [4.69, 9.17) is 4.74 Å². The van der Waals surface area contributed by atoms with Gasteiger partial charge in [0.2, 0.25) is 0 Å². The molecule has 19 heavy (non-hydrogen) atoms. The maximum Gasteiger partial charge on any atom is 0.259 e. The van der Waals surface area contributed by atoms with Crippen LogP contribution in [0.15, 0.2) is 11.2 Å². The number of ether oxygens (including phenoxy) is 1. The van der Waals surface area contributed by atoms with Crippen molar-refractivity contribution in [3.8, 4) is 0 Å². The Morgan fingerprint density at radius 2 is 2.26 bits per heavy atom. The van der Waals surface area contributed by atoms with Gasteiger partial charge in [0.05, 0.1) is 12.7 Å². The summed E-state index contributed by atoms with van der Waals surface area (Å²) in [6, 6.07) is 0. The summed E-state index contributed by atoms with van der Waals surface area (Å²) in [4.78, 5) is 4.01. The molecule has 0 aliphatic heterocycles. The lowest BCUT2D eigenvalue weighted by Crippen LogP contribution is -2.28. The second kappa shape index (κ2) is 6.99. The van der Waals surface area contributed by atoms with Gasteiger partial charge in [0.1, 0.15) is 5.82 Å². The molecule has 0 aromatic carbocycles. The third-order valence-corrected chi connectivity index (χ3v) is 4.03. The number of hydrogen-bond donors (Lipinski definition) is 2. The SMILES string of the molecule is CCn1cc(S(=O)(=O)NCCC(O)COC)nc1C. The highest BCUT2D eigenvalue weighted by Gasteiger charge is 2.18. The Labute approximate surface area is 113 Å². The van der Waals surface area contributed by atoms with E-state index in [-0.39, 0.29) is 18.2 Å². The fraction of sp³-hybridized carbons (Fsp3) is 0.727. The van der Waals surface area contributed by atoms with Crippen molar-refractivity contribution < 1.29 is 18.3 Å². The summed E-state index contributed by atoms with van der Waals surface area (Å²) in [5.74, 6) is 0.655. The van der Waals surface area contributed by atoms with Crippen LogP contribution < -0.4 is 4.72 Å². The Morgan fingerprint density at radius 3 is 2.79 bits per heavy atom. The highest BCUT2D eigenvalue weighted by Crippen LogP contribution is 2.08. The first kappa shape index (κ1) is 16.1. The molecule has 0 spiro atoms. The van der Waals surface area contributed by atoms with Gasteiger partial charge < -0.3 is 14.4 Å². The van der Waals surface area contributed by atoms with Crippen LogP contribution in [0.3, 0.4) is 0 Å². The summed E-state index contributed by atoms with van der Waals surface area (Å²) in [7, 11) is -2.14. The Bertz CT molecular complexity index is 498. The molecule has 1 aromatic heterocycles. The summed E-state index contributed by atoms with van der Waals surface area (Å²) < 4.78 is 32.8. The van der Waals surface area contributed by atoms with Crippen LogP contribution in [0.1, 0.15) is 19.2 Å². The van der Waals surface area contributed by atoms with Gasteiger partial charge in [-0.05, 0) is 20.3 Å². The van der Waals surface area contributed by atoms with Crippen molar-refractivity contribution in [3.05, 3.63) is 12.0 Å². The minimum atomic E-state index is -3.62. The average molecular weight is 291 g/mol. The average Bonchev–Trinajstić information content (AvgIpc) is 2.71. The van der Waals surface area contributed by atoms with Crippen molar-refractivity contribution in [2.75, 3.05) is 20.3 Å². The molecule has 0 saturated heterocycles. The van der Waals surface area contributed by atoms with Gasteiger partial charge in [-0.2, -0.15) is 0 Å². The molecule has 7 nitrogen and oxygen atoms in total. The molecule has 1 unspecified atom stereocenters. The van der Waals surface area contributed by atoms with E-state index < -0.39 is 16.1 Å². The van der Waals surface area contributed by atoms with Crippen LogP contribution in [0, 0.1) is 6.92 Å². The van der Waals surface area contributed by atoms with E-state index in [0.717, 1.165) is 0 Å². The van der Waals surface area contributed by atoms with Gasteiger partial charge in [-0.25, -0.2) is 18.1 Å². The fourth-order valence-electron chi connectivity index (χ4n) is 1.64. The van der Waals surface area contributed by atoms with Crippen molar-refractivity contribution >= 4 is 10.0 Å². The maximum atomic E-state index is 12.0. The maximum absolute atomic E-state index is 12.0. The number of aromatic nitrogens is 2. The van der Waals surface area contributed by atoms with Crippen LogP contribution in [0.25, 0.3) is 0 Å². The Balaban J connectivity index is 2.60. The second-order valence-electron chi connectivity index (χ2n) is 4.21. The van der Waals surface area contributed by atoms with Crippen LogP contribution in [0.5, 0.6) is 0 Å². The minimum absolute atomic E-state index is 0.00748. The zero-order chi connectivity index (χ0) is 14.5. The summed E-state index contributed by atoms with van der Waals surface area (Å²) in [6.07, 6.45) is 1.12. The zero-order valence-electron chi connectivity index (χ0n) is 11.5. The van der Waals surface area contributed by atoms with Crippen LogP contribution in [0.4, 0.5) is 0 Å². The largest absolute Gasteiger partial charge is 0.391 e. The second-order valence-corrected chi connectivity index (χ2v) is 5.92. The monoisotopic (exact) mass is 291 g/mol. The third kappa shape index (κ3) is 4.57. The number of nitrogens with one attached hydrogen (secondary N) is 1. The third-order valence-electron chi connectivity index (χ3n) is 2.70. The molecule has 0 amide bonds. The highest BCUT2D eigenvalue weighted by molar-refractivity contribution is 7.89. The number of methoxy groups -OCH3 is 1. The first-order chi connectivity index (χ1) is 8.90. The molecule has 2 N–H and O–H groups in total. The van der Waals surface area contributed by atoms with Crippen LogP contribution >= 0.6 is 0 Å².